The SMILES string of the molecule is COC(=O)c1ccc(/C=C/C(=O)Nc2ccccc2NC2CCN(C)CC2)cc1. The van der Waals surface area contributed by atoms with Gasteiger partial charge in [-0.15, -0.1) is 0 Å². The van der Waals surface area contributed by atoms with Gasteiger partial charge in [-0.2, -0.15) is 0 Å². The van der Waals surface area contributed by atoms with Crippen LogP contribution in [0.4, 0.5) is 11.4 Å². The van der Waals surface area contributed by atoms with E-state index < -0.39 is 0 Å². The van der Waals surface area contributed by atoms with Crippen molar-refractivity contribution >= 4 is 29.3 Å². The summed E-state index contributed by atoms with van der Waals surface area (Å²) in [7, 11) is 3.49. The minimum atomic E-state index is -0.382. The van der Waals surface area contributed by atoms with Crippen LogP contribution in [0.3, 0.4) is 0 Å². The molecule has 6 nitrogen and oxygen atoms in total. The quantitative estimate of drug-likeness (QED) is 0.579. The van der Waals surface area contributed by atoms with Crippen molar-refractivity contribution in [1.82, 2.24) is 4.90 Å². The summed E-state index contributed by atoms with van der Waals surface area (Å²) >= 11 is 0. The average molecular weight is 393 g/mol. The van der Waals surface area contributed by atoms with E-state index in [-0.39, 0.29) is 11.9 Å². The molecular formula is C23H27N3O3. The second-order valence-corrected chi connectivity index (χ2v) is 7.20. The molecule has 0 saturated carbocycles. The molecule has 0 unspecified atom stereocenters. The highest BCUT2D eigenvalue weighted by Crippen LogP contribution is 2.24. The number of methoxy groups -OCH3 is 1. The summed E-state index contributed by atoms with van der Waals surface area (Å²) in [5.74, 6) is -0.591. The van der Waals surface area contributed by atoms with Gasteiger partial charge in [0.25, 0.3) is 0 Å². The number of anilines is 2. The van der Waals surface area contributed by atoms with E-state index in [0.29, 0.717) is 11.6 Å². The molecule has 1 heterocycles. The fourth-order valence-electron chi connectivity index (χ4n) is 3.29. The highest BCUT2D eigenvalue weighted by Gasteiger charge is 2.17. The highest BCUT2D eigenvalue weighted by atomic mass is 16.5. The third-order valence-corrected chi connectivity index (χ3v) is 5.02. The van der Waals surface area contributed by atoms with E-state index in [4.69, 9.17) is 0 Å². The molecule has 2 N–H and O–H groups in total. The Morgan fingerprint density at radius 2 is 1.69 bits per heavy atom. The summed E-state index contributed by atoms with van der Waals surface area (Å²) in [6.07, 6.45) is 5.36. The molecule has 0 aromatic heterocycles. The molecular weight excluding hydrogens is 366 g/mol. The second kappa shape index (κ2) is 9.89. The lowest BCUT2D eigenvalue weighted by molar-refractivity contribution is -0.111. The van der Waals surface area contributed by atoms with Gasteiger partial charge in [0.15, 0.2) is 0 Å². The first-order valence-corrected chi connectivity index (χ1v) is 9.76. The number of ether oxygens (including phenoxy) is 1. The van der Waals surface area contributed by atoms with Crippen LogP contribution in [-0.4, -0.2) is 50.1 Å². The topological polar surface area (TPSA) is 70.7 Å². The average Bonchev–Trinajstić information content (AvgIpc) is 2.75. The van der Waals surface area contributed by atoms with E-state index in [1.807, 2.05) is 24.3 Å². The van der Waals surface area contributed by atoms with E-state index in [9.17, 15) is 9.59 Å². The summed E-state index contributed by atoms with van der Waals surface area (Å²) in [6, 6.07) is 15.0. The molecule has 3 rings (SSSR count). The third-order valence-electron chi connectivity index (χ3n) is 5.02. The van der Waals surface area contributed by atoms with Crippen LogP contribution < -0.4 is 10.6 Å². The lowest BCUT2D eigenvalue weighted by atomic mass is 10.0. The van der Waals surface area contributed by atoms with E-state index in [1.54, 1.807) is 30.3 Å². The molecule has 6 heteroatoms. The normalized spacial score (nSPS) is 15.2. The third kappa shape index (κ3) is 5.93. The Morgan fingerprint density at radius 1 is 1.03 bits per heavy atom. The van der Waals surface area contributed by atoms with Crippen molar-refractivity contribution < 1.29 is 14.3 Å². The molecule has 0 spiro atoms. The molecule has 0 radical (unpaired) electrons. The maximum atomic E-state index is 12.4. The monoisotopic (exact) mass is 393 g/mol. The van der Waals surface area contributed by atoms with Gasteiger partial charge < -0.3 is 20.3 Å². The van der Waals surface area contributed by atoms with Gasteiger partial charge in [-0.1, -0.05) is 24.3 Å². The Labute approximate surface area is 171 Å². The van der Waals surface area contributed by atoms with Gasteiger partial charge in [0, 0.05) is 12.1 Å². The molecule has 2 aromatic rings. The molecule has 152 valence electrons. The maximum absolute atomic E-state index is 12.4. The number of para-hydroxylation sites is 2. The van der Waals surface area contributed by atoms with Gasteiger partial charge in [0.2, 0.25) is 5.91 Å². The number of carbonyl (C=O) groups is 2. The zero-order valence-electron chi connectivity index (χ0n) is 16.9. The van der Waals surface area contributed by atoms with Crippen LogP contribution in [0.25, 0.3) is 6.08 Å². The largest absolute Gasteiger partial charge is 0.465 e. The van der Waals surface area contributed by atoms with Crippen LogP contribution in [0.5, 0.6) is 0 Å². The fourth-order valence-corrected chi connectivity index (χ4v) is 3.29. The summed E-state index contributed by atoms with van der Waals surface area (Å²) in [5.41, 5.74) is 3.00. The number of rotatable bonds is 6. The van der Waals surface area contributed by atoms with E-state index in [1.165, 1.54) is 13.2 Å². The molecule has 1 amide bonds. The predicted octanol–water partition coefficient (Wildman–Crippen LogP) is 3.63. The van der Waals surface area contributed by atoms with Crippen LogP contribution in [0.15, 0.2) is 54.6 Å². The molecule has 1 aliphatic heterocycles. The second-order valence-electron chi connectivity index (χ2n) is 7.20. The summed E-state index contributed by atoms with van der Waals surface area (Å²) in [5, 5.41) is 6.51. The van der Waals surface area contributed by atoms with Crippen molar-refractivity contribution in [3.05, 3.63) is 65.7 Å². The Kier molecular flexibility index (Phi) is 7.03. The maximum Gasteiger partial charge on any atom is 0.337 e. The van der Waals surface area contributed by atoms with Crippen LogP contribution in [0, 0.1) is 0 Å². The van der Waals surface area contributed by atoms with Crippen molar-refractivity contribution in [3.63, 3.8) is 0 Å². The van der Waals surface area contributed by atoms with E-state index >= 15 is 0 Å². The number of esters is 1. The van der Waals surface area contributed by atoms with Gasteiger partial charge in [0.05, 0.1) is 24.0 Å². The molecule has 2 aromatic carbocycles. The van der Waals surface area contributed by atoms with Crippen LogP contribution in [0.2, 0.25) is 0 Å². The van der Waals surface area contributed by atoms with Crippen LogP contribution in [0.1, 0.15) is 28.8 Å². The lowest BCUT2D eigenvalue weighted by Gasteiger charge is -2.30. The Morgan fingerprint density at radius 3 is 2.34 bits per heavy atom. The van der Waals surface area contributed by atoms with Crippen molar-refractivity contribution in [2.75, 3.05) is 37.9 Å². The van der Waals surface area contributed by atoms with Crippen molar-refractivity contribution in [1.29, 1.82) is 0 Å². The van der Waals surface area contributed by atoms with Crippen molar-refractivity contribution in [3.8, 4) is 0 Å². The van der Waals surface area contributed by atoms with Gasteiger partial charge >= 0.3 is 5.97 Å². The number of carbonyl (C=O) groups excluding carboxylic acids is 2. The van der Waals surface area contributed by atoms with Gasteiger partial charge in [-0.3, -0.25) is 4.79 Å². The smallest absolute Gasteiger partial charge is 0.337 e. The van der Waals surface area contributed by atoms with Crippen LogP contribution >= 0.6 is 0 Å². The predicted molar refractivity (Wildman–Crippen MR) is 116 cm³/mol. The molecule has 29 heavy (non-hydrogen) atoms. The number of likely N-dealkylation sites (tertiary alicyclic amines) is 1. The molecule has 1 saturated heterocycles. The first-order chi connectivity index (χ1) is 14.0. The first kappa shape index (κ1) is 20.6. The highest BCUT2D eigenvalue weighted by molar-refractivity contribution is 6.03. The number of benzene rings is 2. The molecule has 0 aliphatic carbocycles. The van der Waals surface area contributed by atoms with Gasteiger partial charge in [0.1, 0.15) is 0 Å². The fraction of sp³-hybridized carbons (Fsp3) is 0.304. The van der Waals surface area contributed by atoms with Gasteiger partial charge in [-0.25, -0.2) is 4.79 Å². The van der Waals surface area contributed by atoms with Crippen LogP contribution in [-0.2, 0) is 9.53 Å². The summed E-state index contributed by atoms with van der Waals surface area (Å²) < 4.78 is 4.68. The lowest BCUT2D eigenvalue weighted by Crippen LogP contribution is -2.36. The first-order valence-electron chi connectivity index (χ1n) is 9.76. The Balaban J connectivity index is 1.60. The zero-order valence-corrected chi connectivity index (χ0v) is 16.9. The number of hydrogen-bond acceptors (Lipinski definition) is 5. The number of amides is 1. The molecule has 1 fully saturated rings. The number of piperidine rings is 1. The van der Waals surface area contributed by atoms with E-state index in [2.05, 4.69) is 27.3 Å². The molecule has 1 aliphatic rings. The standard InChI is InChI=1S/C23H27N3O3/c1-26-15-13-19(14-16-26)24-20-5-3-4-6-21(20)25-22(27)12-9-17-7-10-18(11-8-17)23(28)29-2/h3-12,19,24H,13-16H2,1-2H3,(H,25,27)/b12-9+. The Hall–Kier alpha value is -3.12. The minimum Gasteiger partial charge on any atom is -0.465 e. The number of nitrogens with zero attached hydrogens (tertiary/aromatic N) is 1. The summed E-state index contributed by atoms with van der Waals surface area (Å²) in [4.78, 5) is 26.2. The van der Waals surface area contributed by atoms with E-state index in [0.717, 1.165) is 42.9 Å². The summed E-state index contributed by atoms with van der Waals surface area (Å²) in [6.45, 7) is 2.15. The minimum absolute atomic E-state index is 0.209. The number of nitrogens with one attached hydrogen (secondary N) is 2. The molecule has 0 atom stereocenters. The molecule has 0 bridgehead atoms. The Bertz CT molecular complexity index is 869. The van der Waals surface area contributed by atoms with Gasteiger partial charge in [-0.05, 0) is 68.9 Å². The zero-order chi connectivity index (χ0) is 20.6. The van der Waals surface area contributed by atoms with Crippen molar-refractivity contribution in [2.45, 2.75) is 18.9 Å². The number of hydrogen-bond donors (Lipinski definition) is 2. The van der Waals surface area contributed by atoms with Crippen molar-refractivity contribution in [2.24, 2.45) is 0 Å².